The Morgan fingerprint density at radius 3 is 2.72 bits per heavy atom. The molecule has 1 amide bonds. The van der Waals surface area contributed by atoms with Gasteiger partial charge >= 0.3 is 0 Å². The molecule has 0 aliphatic carbocycles. The summed E-state index contributed by atoms with van der Waals surface area (Å²) >= 11 is 6.75. The molecule has 0 radical (unpaired) electrons. The van der Waals surface area contributed by atoms with E-state index >= 15 is 0 Å². The second-order valence-electron chi connectivity index (χ2n) is 9.55. The summed E-state index contributed by atoms with van der Waals surface area (Å²) in [6, 6.07) is 9.29. The van der Waals surface area contributed by atoms with Gasteiger partial charge in [-0.1, -0.05) is 36.1 Å². The fourth-order valence-corrected chi connectivity index (χ4v) is 6.22. The van der Waals surface area contributed by atoms with Gasteiger partial charge in [0.05, 0.1) is 23.6 Å². The fraction of sp³-hybridized carbons (Fsp3) is 0.333. The van der Waals surface area contributed by atoms with Crippen molar-refractivity contribution in [3.63, 3.8) is 0 Å². The lowest BCUT2D eigenvalue weighted by Crippen LogP contribution is -2.48. The molecule has 3 aliphatic rings. The molecular formula is C27H27N5O5S2. The van der Waals surface area contributed by atoms with Gasteiger partial charge in [-0.05, 0) is 42.3 Å². The molecule has 5 heterocycles. The van der Waals surface area contributed by atoms with E-state index in [1.807, 2.05) is 37.3 Å². The van der Waals surface area contributed by atoms with Crippen LogP contribution in [-0.2, 0) is 11.3 Å². The Labute approximate surface area is 234 Å². The Morgan fingerprint density at radius 1 is 1.13 bits per heavy atom. The minimum atomic E-state index is -0.255. The Kier molecular flexibility index (Phi) is 7.02. The number of aryl methyl sites for hydroxylation is 1. The van der Waals surface area contributed by atoms with Crippen molar-refractivity contribution in [2.24, 2.45) is 0 Å². The standard InChI is InChI=1S/C27H27N5O5S2/c1-17-3-2-6-31-23(17)28-24(30-9-7-29(8-10-30)11-12-33)19(25(31)34)14-22-26(35)32(27(38)39-22)15-18-4-5-20-21(13-18)37-16-36-20/h2-6,13-14,33H,7-12,15-16H2,1H3/b22-14-. The number of rotatable bonds is 6. The van der Waals surface area contributed by atoms with Crippen LogP contribution < -0.4 is 19.9 Å². The van der Waals surface area contributed by atoms with Crippen molar-refractivity contribution in [2.75, 3.05) is 51.0 Å². The highest BCUT2D eigenvalue weighted by Gasteiger charge is 2.33. The number of hydrogen-bond acceptors (Lipinski definition) is 10. The van der Waals surface area contributed by atoms with Gasteiger partial charge in [0, 0.05) is 38.9 Å². The average molecular weight is 566 g/mol. The summed E-state index contributed by atoms with van der Waals surface area (Å²) in [7, 11) is 0. The molecule has 0 saturated carbocycles. The van der Waals surface area contributed by atoms with Crippen LogP contribution in [0, 0.1) is 6.92 Å². The number of benzene rings is 1. The van der Waals surface area contributed by atoms with E-state index in [0.29, 0.717) is 57.4 Å². The number of amides is 1. The maximum Gasteiger partial charge on any atom is 0.267 e. The van der Waals surface area contributed by atoms with Gasteiger partial charge in [0.15, 0.2) is 11.5 Å². The quantitative estimate of drug-likeness (QED) is 0.354. The zero-order chi connectivity index (χ0) is 27.1. The number of ether oxygens (including phenoxy) is 2. The maximum absolute atomic E-state index is 13.8. The molecule has 1 N–H and O–H groups in total. The van der Waals surface area contributed by atoms with Crippen LogP contribution in [0.2, 0.25) is 0 Å². The molecular weight excluding hydrogens is 538 g/mol. The van der Waals surface area contributed by atoms with Crippen LogP contribution in [0.15, 0.2) is 46.2 Å². The number of carbonyl (C=O) groups is 1. The molecule has 39 heavy (non-hydrogen) atoms. The van der Waals surface area contributed by atoms with Crippen LogP contribution in [-0.4, -0.2) is 80.6 Å². The Balaban J connectivity index is 1.35. The number of piperazine rings is 1. The molecule has 10 nitrogen and oxygen atoms in total. The first-order valence-corrected chi connectivity index (χ1v) is 13.9. The summed E-state index contributed by atoms with van der Waals surface area (Å²) < 4.78 is 12.8. The molecule has 0 atom stereocenters. The zero-order valence-electron chi connectivity index (χ0n) is 21.3. The van der Waals surface area contributed by atoms with Crippen molar-refractivity contribution in [2.45, 2.75) is 13.5 Å². The number of aliphatic hydroxyl groups excluding tert-OH is 1. The van der Waals surface area contributed by atoms with E-state index in [2.05, 4.69) is 9.80 Å². The number of aliphatic hydroxyl groups is 1. The van der Waals surface area contributed by atoms with Gasteiger partial charge in [0.1, 0.15) is 15.8 Å². The first-order chi connectivity index (χ1) is 18.9. The highest BCUT2D eigenvalue weighted by Crippen LogP contribution is 2.37. The third-order valence-electron chi connectivity index (χ3n) is 7.08. The van der Waals surface area contributed by atoms with Crippen LogP contribution >= 0.6 is 24.0 Å². The average Bonchev–Trinajstić information content (AvgIpc) is 3.51. The highest BCUT2D eigenvalue weighted by molar-refractivity contribution is 8.26. The van der Waals surface area contributed by atoms with Crippen LogP contribution in [0.4, 0.5) is 5.82 Å². The van der Waals surface area contributed by atoms with Gasteiger partial charge in [0.25, 0.3) is 11.5 Å². The summed E-state index contributed by atoms with van der Waals surface area (Å²) in [6.07, 6.45) is 3.33. The van der Waals surface area contributed by atoms with Gasteiger partial charge in [-0.25, -0.2) is 4.98 Å². The van der Waals surface area contributed by atoms with Gasteiger partial charge in [-0.2, -0.15) is 0 Å². The van der Waals surface area contributed by atoms with Crippen molar-refractivity contribution < 1.29 is 19.4 Å². The summed E-state index contributed by atoms with van der Waals surface area (Å²) in [5, 5.41) is 9.31. The lowest BCUT2D eigenvalue weighted by molar-refractivity contribution is -0.122. The number of thioether (sulfide) groups is 1. The highest BCUT2D eigenvalue weighted by atomic mass is 32.2. The first-order valence-electron chi connectivity index (χ1n) is 12.7. The molecule has 12 heteroatoms. The Bertz CT molecular complexity index is 1560. The van der Waals surface area contributed by atoms with E-state index in [1.54, 1.807) is 12.3 Å². The third-order valence-corrected chi connectivity index (χ3v) is 8.46. The molecule has 202 valence electrons. The van der Waals surface area contributed by atoms with E-state index in [0.717, 1.165) is 24.2 Å². The number of fused-ring (bicyclic) bond motifs is 2. The fourth-order valence-electron chi connectivity index (χ4n) is 4.98. The van der Waals surface area contributed by atoms with Gasteiger partial charge in [-0.3, -0.25) is 23.8 Å². The lowest BCUT2D eigenvalue weighted by Gasteiger charge is -2.35. The van der Waals surface area contributed by atoms with E-state index in [1.165, 1.54) is 21.1 Å². The predicted molar refractivity (Wildman–Crippen MR) is 153 cm³/mol. The second kappa shape index (κ2) is 10.6. The third kappa shape index (κ3) is 4.89. The minimum Gasteiger partial charge on any atom is -0.454 e. The Morgan fingerprint density at radius 2 is 1.92 bits per heavy atom. The maximum atomic E-state index is 13.8. The largest absolute Gasteiger partial charge is 0.454 e. The van der Waals surface area contributed by atoms with Gasteiger partial charge in [0.2, 0.25) is 6.79 Å². The number of nitrogens with zero attached hydrogens (tertiary/aromatic N) is 5. The number of carbonyl (C=O) groups excluding carboxylic acids is 1. The number of hydrogen-bond donors (Lipinski definition) is 1. The minimum absolute atomic E-state index is 0.105. The first kappa shape index (κ1) is 25.8. The van der Waals surface area contributed by atoms with Crippen molar-refractivity contribution in [3.05, 3.63) is 68.5 Å². The van der Waals surface area contributed by atoms with E-state index in [-0.39, 0.29) is 31.4 Å². The van der Waals surface area contributed by atoms with E-state index in [9.17, 15) is 14.7 Å². The van der Waals surface area contributed by atoms with Crippen molar-refractivity contribution in [3.8, 4) is 11.5 Å². The van der Waals surface area contributed by atoms with E-state index < -0.39 is 0 Å². The lowest BCUT2D eigenvalue weighted by atomic mass is 10.2. The molecule has 2 aromatic heterocycles. The van der Waals surface area contributed by atoms with Crippen molar-refractivity contribution in [1.29, 1.82) is 0 Å². The molecule has 2 saturated heterocycles. The second-order valence-corrected chi connectivity index (χ2v) is 11.2. The van der Waals surface area contributed by atoms with E-state index in [4.69, 9.17) is 26.7 Å². The molecule has 0 bridgehead atoms. The number of pyridine rings is 1. The van der Waals surface area contributed by atoms with Crippen molar-refractivity contribution in [1.82, 2.24) is 19.2 Å². The number of β-amino-alcohol motifs (C(OH)–C–C–N with tert-alkyl or cyclic N) is 1. The van der Waals surface area contributed by atoms with Gasteiger partial charge in [-0.15, -0.1) is 0 Å². The normalized spacial score (nSPS) is 18.7. The number of aromatic nitrogens is 2. The molecule has 3 aromatic rings. The molecule has 2 fully saturated rings. The molecule has 0 spiro atoms. The number of anilines is 1. The molecule has 3 aliphatic heterocycles. The monoisotopic (exact) mass is 565 g/mol. The summed E-state index contributed by atoms with van der Waals surface area (Å²) in [5.41, 5.74) is 2.45. The topological polar surface area (TPSA) is 99.9 Å². The van der Waals surface area contributed by atoms with Crippen LogP contribution in [0.1, 0.15) is 16.7 Å². The molecule has 1 aromatic carbocycles. The molecule has 6 rings (SSSR count). The Hall–Kier alpha value is -3.45. The summed E-state index contributed by atoms with van der Waals surface area (Å²) in [5.74, 6) is 1.62. The van der Waals surface area contributed by atoms with Crippen molar-refractivity contribution >= 4 is 51.7 Å². The predicted octanol–water partition coefficient (Wildman–Crippen LogP) is 2.25. The van der Waals surface area contributed by atoms with Crippen LogP contribution in [0.25, 0.3) is 11.7 Å². The number of thiocarbonyl (C=S) groups is 1. The molecule has 0 unspecified atom stereocenters. The summed E-state index contributed by atoms with van der Waals surface area (Å²) in [4.78, 5) is 38.4. The van der Waals surface area contributed by atoms with Crippen LogP contribution in [0.5, 0.6) is 11.5 Å². The van der Waals surface area contributed by atoms with Gasteiger partial charge < -0.3 is 19.5 Å². The zero-order valence-corrected chi connectivity index (χ0v) is 23.0. The van der Waals surface area contributed by atoms with Crippen LogP contribution in [0.3, 0.4) is 0 Å². The SMILES string of the molecule is Cc1cccn2c(=O)c(/C=C3\SC(=S)N(Cc4ccc5c(c4)OCO5)C3=O)c(N3CCN(CCO)CC3)nc12. The smallest absolute Gasteiger partial charge is 0.267 e. The summed E-state index contributed by atoms with van der Waals surface area (Å²) in [6.45, 7) is 5.89.